The Kier molecular flexibility index (Phi) is 2.44. The lowest BCUT2D eigenvalue weighted by atomic mass is 9.92. The van der Waals surface area contributed by atoms with Crippen LogP contribution < -0.4 is 5.32 Å². The monoisotopic (exact) mass is 311 g/mol. The molecule has 0 saturated heterocycles. The van der Waals surface area contributed by atoms with Crippen molar-refractivity contribution >= 4 is 32.8 Å². The van der Waals surface area contributed by atoms with Gasteiger partial charge in [-0.05, 0) is 12.1 Å². The predicted molar refractivity (Wildman–Crippen MR) is 80.0 cm³/mol. The first-order chi connectivity index (χ1) is 10.5. The van der Waals surface area contributed by atoms with Crippen LogP contribution in [0.5, 0.6) is 0 Å². The largest absolute Gasteiger partial charge is 0.353 e. The number of hydrogen-bond acceptors (Lipinski definition) is 5. The van der Waals surface area contributed by atoms with E-state index in [9.17, 15) is 18.0 Å². The summed E-state index contributed by atoms with van der Waals surface area (Å²) >= 11 is 0. The van der Waals surface area contributed by atoms with E-state index in [-0.39, 0.29) is 16.2 Å². The molecular weight excluding hydrogens is 302 g/mol. The molecule has 0 radical (unpaired) electrons. The third-order valence-corrected chi connectivity index (χ3v) is 5.65. The van der Waals surface area contributed by atoms with E-state index in [2.05, 4.69) is 5.32 Å². The number of sulfone groups is 1. The molecule has 1 N–H and O–H groups in total. The number of benzene rings is 2. The fourth-order valence-corrected chi connectivity index (χ4v) is 4.44. The van der Waals surface area contributed by atoms with Crippen LogP contribution in [0.4, 0.5) is 5.69 Å². The summed E-state index contributed by atoms with van der Waals surface area (Å²) < 4.78 is 25.5. The van der Waals surface area contributed by atoms with E-state index in [0.717, 1.165) is 0 Å². The molecule has 108 valence electrons. The third kappa shape index (κ3) is 1.50. The van der Waals surface area contributed by atoms with Gasteiger partial charge in [-0.3, -0.25) is 9.59 Å². The van der Waals surface area contributed by atoms with Crippen LogP contribution in [0.15, 0.2) is 58.3 Å². The molecule has 4 rings (SSSR count). The maximum Gasteiger partial charge on any atom is 0.247 e. The number of rotatable bonds is 0. The summed E-state index contributed by atoms with van der Waals surface area (Å²) in [4.78, 5) is 24.1. The Morgan fingerprint density at radius 1 is 0.773 bits per heavy atom. The minimum absolute atomic E-state index is 0.00859. The molecule has 22 heavy (non-hydrogen) atoms. The molecule has 0 spiro atoms. The minimum atomic E-state index is -4.02. The molecule has 0 bridgehead atoms. The smallest absolute Gasteiger partial charge is 0.247 e. The number of hydrogen-bond donors (Lipinski definition) is 1. The van der Waals surface area contributed by atoms with Gasteiger partial charge in [0.25, 0.3) is 0 Å². The summed E-state index contributed by atoms with van der Waals surface area (Å²) in [7, 11) is -4.02. The molecule has 0 aromatic heterocycles. The van der Waals surface area contributed by atoms with Crippen molar-refractivity contribution in [2.24, 2.45) is 0 Å². The number of nitrogens with one attached hydrogen (secondary N) is 1. The SMILES string of the molecule is O=C1C(=O)c2ccccc2C2=C1S(=O)(=O)c1ccccc1N2. The van der Waals surface area contributed by atoms with Gasteiger partial charge in [-0.2, -0.15) is 0 Å². The van der Waals surface area contributed by atoms with Crippen molar-refractivity contribution in [3.63, 3.8) is 0 Å². The number of fused-ring (bicyclic) bond motifs is 3. The quantitative estimate of drug-likeness (QED) is 0.753. The van der Waals surface area contributed by atoms with E-state index in [1.165, 1.54) is 12.1 Å². The van der Waals surface area contributed by atoms with E-state index >= 15 is 0 Å². The molecule has 0 saturated carbocycles. The molecule has 6 heteroatoms. The summed E-state index contributed by atoms with van der Waals surface area (Å²) in [5.41, 5.74) is 1.23. The first kappa shape index (κ1) is 13.0. The van der Waals surface area contributed by atoms with Crippen molar-refractivity contribution in [1.29, 1.82) is 0 Å². The van der Waals surface area contributed by atoms with Gasteiger partial charge in [0.05, 0.1) is 16.3 Å². The third-order valence-electron chi connectivity index (χ3n) is 3.79. The van der Waals surface area contributed by atoms with Crippen LogP contribution >= 0.6 is 0 Å². The average molecular weight is 311 g/mol. The zero-order valence-electron chi connectivity index (χ0n) is 11.2. The molecule has 2 aliphatic rings. The fraction of sp³-hybridized carbons (Fsp3) is 0. The van der Waals surface area contributed by atoms with Gasteiger partial charge in [-0.1, -0.05) is 36.4 Å². The Balaban J connectivity index is 2.11. The maximum absolute atomic E-state index is 12.7. The lowest BCUT2D eigenvalue weighted by Crippen LogP contribution is -2.33. The van der Waals surface area contributed by atoms with E-state index < -0.39 is 26.3 Å². The highest BCUT2D eigenvalue weighted by molar-refractivity contribution is 7.97. The van der Waals surface area contributed by atoms with Gasteiger partial charge in [-0.25, -0.2) is 8.42 Å². The molecule has 1 aliphatic heterocycles. The van der Waals surface area contributed by atoms with Gasteiger partial charge < -0.3 is 5.32 Å². The van der Waals surface area contributed by atoms with Crippen molar-refractivity contribution in [1.82, 2.24) is 0 Å². The van der Waals surface area contributed by atoms with Crippen LogP contribution in [-0.4, -0.2) is 20.0 Å². The van der Waals surface area contributed by atoms with E-state index in [0.29, 0.717) is 11.3 Å². The number of anilines is 1. The zero-order valence-corrected chi connectivity index (χ0v) is 12.0. The molecule has 1 aliphatic carbocycles. The highest BCUT2D eigenvalue weighted by atomic mass is 32.2. The molecule has 1 heterocycles. The van der Waals surface area contributed by atoms with Crippen LogP contribution in [0.1, 0.15) is 15.9 Å². The number of carbonyl (C=O) groups is 2. The fourth-order valence-electron chi connectivity index (χ4n) is 2.79. The summed E-state index contributed by atoms with van der Waals surface area (Å²) in [5, 5.41) is 2.99. The normalized spacial score (nSPS) is 18.2. The standard InChI is InChI=1S/C16H9NO4S/c18-14-10-6-2-1-5-9(10)13-16(15(14)19)22(20,21)12-8-4-3-7-11(12)17-13/h1-8,17H. The van der Waals surface area contributed by atoms with Gasteiger partial charge in [0.15, 0.2) is 0 Å². The summed E-state index contributed by atoms with van der Waals surface area (Å²) in [6.45, 7) is 0. The molecule has 0 amide bonds. The van der Waals surface area contributed by atoms with Crippen LogP contribution in [0, 0.1) is 0 Å². The molecule has 2 aromatic rings. The maximum atomic E-state index is 12.7. The number of carbonyl (C=O) groups excluding carboxylic acids is 2. The Morgan fingerprint density at radius 3 is 2.18 bits per heavy atom. The molecule has 0 fully saturated rings. The second kappa shape index (κ2) is 4.14. The molecular formula is C16H9NO4S. The Hall–Kier alpha value is -2.73. The number of ketones is 2. The van der Waals surface area contributed by atoms with Crippen LogP contribution in [0.25, 0.3) is 5.70 Å². The van der Waals surface area contributed by atoms with Crippen LogP contribution in [-0.2, 0) is 14.6 Å². The van der Waals surface area contributed by atoms with Gasteiger partial charge in [0.2, 0.25) is 21.4 Å². The van der Waals surface area contributed by atoms with Crippen molar-refractivity contribution in [3.8, 4) is 0 Å². The molecule has 0 atom stereocenters. The first-order valence-electron chi connectivity index (χ1n) is 6.55. The Morgan fingerprint density at radius 2 is 1.41 bits per heavy atom. The Labute approximate surface area is 126 Å². The van der Waals surface area contributed by atoms with Gasteiger partial charge in [0, 0.05) is 11.1 Å². The van der Waals surface area contributed by atoms with Crippen molar-refractivity contribution in [3.05, 3.63) is 64.6 Å². The number of para-hydroxylation sites is 1. The predicted octanol–water partition coefficient (Wildman–Crippen LogP) is 2.02. The second-order valence-corrected chi connectivity index (χ2v) is 6.89. The van der Waals surface area contributed by atoms with Crippen LogP contribution in [0.2, 0.25) is 0 Å². The summed E-state index contributed by atoms with van der Waals surface area (Å²) in [6.07, 6.45) is 0. The van der Waals surface area contributed by atoms with Crippen molar-refractivity contribution < 1.29 is 18.0 Å². The van der Waals surface area contributed by atoms with E-state index in [1.807, 2.05) is 0 Å². The van der Waals surface area contributed by atoms with Gasteiger partial charge in [0.1, 0.15) is 4.91 Å². The second-order valence-electron chi connectivity index (χ2n) is 5.03. The number of allylic oxidation sites excluding steroid dienone is 1. The average Bonchev–Trinajstić information content (AvgIpc) is 2.52. The van der Waals surface area contributed by atoms with Gasteiger partial charge in [-0.15, -0.1) is 0 Å². The lowest BCUT2D eigenvalue weighted by Gasteiger charge is -2.27. The van der Waals surface area contributed by atoms with Crippen molar-refractivity contribution in [2.75, 3.05) is 5.32 Å². The molecule has 0 unspecified atom stereocenters. The summed E-state index contributed by atoms with van der Waals surface area (Å²) in [6, 6.07) is 12.8. The van der Waals surface area contributed by atoms with Gasteiger partial charge >= 0.3 is 0 Å². The zero-order chi connectivity index (χ0) is 15.5. The van der Waals surface area contributed by atoms with Crippen LogP contribution in [0.3, 0.4) is 0 Å². The Bertz CT molecular complexity index is 1000. The minimum Gasteiger partial charge on any atom is -0.353 e. The highest BCUT2D eigenvalue weighted by Gasteiger charge is 2.43. The number of Topliss-reactive ketones (excluding diaryl/α,β-unsaturated/α-hetero) is 2. The molecule has 2 aromatic carbocycles. The first-order valence-corrected chi connectivity index (χ1v) is 8.04. The topological polar surface area (TPSA) is 80.3 Å². The van der Waals surface area contributed by atoms with E-state index in [1.54, 1.807) is 36.4 Å². The van der Waals surface area contributed by atoms with E-state index in [4.69, 9.17) is 0 Å². The summed E-state index contributed by atoms with van der Waals surface area (Å²) in [5.74, 6) is -1.78. The van der Waals surface area contributed by atoms with Crippen molar-refractivity contribution in [2.45, 2.75) is 4.90 Å². The lowest BCUT2D eigenvalue weighted by molar-refractivity contribution is -0.111. The molecule has 5 nitrogen and oxygen atoms in total. The highest BCUT2D eigenvalue weighted by Crippen LogP contribution is 2.41.